The summed E-state index contributed by atoms with van der Waals surface area (Å²) in [4.78, 5) is 0. The van der Waals surface area contributed by atoms with Crippen LogP contribution in [0.15, 0.2) is 0 Å². The fraction of sp³-hybridized carbons (Fsp3) is 1.00. The Balaban J connectivity index is 0.00000289. The Morgan fingerprint density at radius 2 is 1.89 bits per heavy atom. The van der Waals surface area contributed by atoms with Crippen molar-refractivity contribution in [1.82, 2.24) is 4.72 Å². The summed E-state index contributed by atoms with van der Waals surface area (Å²) in [6.07, 6.45) is 4.88. The quantitative estimate of drug-likeness (QED) is 0.767. The summed E-state index contributed by atoms with van der Waals surface area (Å²) < 4.78 is 31.0. The Bertz CT molecular complexity index is 329. The van der Waals surface area contributed by atoms with Gasteiger partial charge in [-0.05, 0) is 19.8 Å². The maximum Gasteiger partial charge on any atom is 0.214 e. The first kappa shape index (κ1) is 18.1. The molecule has 1 aliphatic carbocycles. The highest BCUT2D eigenvalue weighted by Gasteiger charge is 2.29. The number of nitrogens with two attached hydrogens (primary N) is 1. The number of methoxy groups -OCH3 is 1. The molecule has 0 spiro atoms. The molecule has 0 aromatic heterocycles. The topological polar surface area (TPSA) is 81.4 Å². The summed E-state index contributed by atoms with van der Waals surface area (Å²) in [5, 5.41) is 0. The minimum absolute atomic E-state index is 0. The van der Waals surface area contributed by atoms with Crippen molar-refractivity contribution in [1.29, 1.82) is 0 Å². The van der Waals surface area contributed by atoms with Crippen LogP contribution in [0.5, 0.6) is 0 Å². The molecule has 110 valence electrons. The second-order valence-corrected chi connectivity index (χ2v) is 6.92. The van der Waals surface area contributed by atoms with Crippen LogP contribution in [-0.2, 0) is 14.8 Å². The van der Waals surface area contributed by atoms with E-state index in [0.717, 1.165) is 25.7 Å². The number of sulfonamides is 1. The largest absolute Gasteiger partial charge is 0.381 e. The van der Waals surface area contributed by atoms with Crippen molar-refractivity contribution < 1.29 is 13.2 Å². The lowest BCUT2D eigenvalue weighted by Gasteiger charge is -2.33. The van der Waals surface area contributed by atoms with Gasteiger partial charge in [-0.15, -0.1) is 12.4 Å². The molecule has 0 amide bonds. The molecule has 1 fully saturated rings. The van der Waals surface area contributed by atoms with Gasteiger partial charge in [-0.3, -0.25) is 0 Å². The van der Waals surface area contributed by atoms with Crippen molar-refractivity contribution in [2.45, 2.75) is 50.7 Å². The van der Waals surface area contributed by atoms with Crippen molar-refractivity contribution >= 4 is 22.4 Å². The first-order chi connectivity index (χ1) is 7.87. The van der Waals surface area contributed by atoms with E-state index in [-0.39, 0.29) is 29.8 Å². The smallest absolute Gasteiger partial charge is 0.214 e. The molecule has 0 heterocycles. The lowest BCUT2D eigenvalue weighted by molar-refractivity contribution is 0.136. The highest BCUT2D eigenvalue weighted by molar-refractivity contribution is 7.89. The summed E-state index contributed by atoms with van der Waals surface area (Å²) >= 11 is 0. The van der Waals surface area contributed by atoms with Crippen molar-refractivity contribution in [2.24, 2.45) is 5.73 Å². The van der Waals surface area contributed by atoms with E-state index in [2.05, 4.69) is 4.72 Å². The van der Waals surface area contributed by atoms with Gasteiger partial charge in [-0.1, -0.05) is 19.3 Å². The number of rotatable bonds is 6. The summed E-state index contributed by atoms with van der Waals surface area (Å²) in [6, 6.07) is 0. The van der Waals surface area contributed by atoms with Gasteiger partial charge < -0.3 is 10.5 Å². The highest BCUT2D eigenvalue weighted by atomic mass is 35.5. The van der Waals surface area contributed by atoms with Crippen LogP contribution in [0.25, 0.3) is 0 Å². The van der Waals surface area contributed by atoms with Crippen molar-refractivity contribution in [3.63, 3.8) is 0 Å². The zero-order valence-corrected chi connectivity index (χ0v) is 12.8. The molecule has 0 aromatic rings. The number of hydrogen-bond donors (Lipinski definition) is 2. The van der Waals surface area contributed by atoms with Crippen LogP contribution in [0.3, 0.4) is 0 Å². The van der Waals surface area contributed by atoms with Crippen LogP contribution in [0.4, 0.5) is 0 Å². The van der Waals surface area contributed by atoms with Crippen LogP contribution in [0, 0.1) is 0 Å². The van der Waals surface area contributed by atoms with Crippen LogP contribution in [-0.4, -0.2) is 39.5 Å². The van der Waals surface area contributed by atoms with Crippen LogP contribution in [0.2, 0.25) is 0 Å². The van der Waals surface area contributed by atoms with Gasteiger partial charge in [0.1, 0.15) is 0 Å². The molecule has 1 aliphatic rings. The molecule has 1 saturated carbocycles. The number of halogens is 1. The maximum absolute atomic E-state index is 11.7. The highest BCUT2D eigenvalue weighted by Crippen LogP contribution is 2.25. The normalized spacial score (nSPS) is 21.1. The second kappa shape index (κ2) is 7.65. The molecule has 3 N–H and O–H groups in total. The predicted molar refractivity (Wildman–Crippen MR) is 75.5 cm³/mol. The number of nitrogens with one attached hydrogen (secondary N) is 1. The molecule has 0 bridgehead atoms. The first-order valence-corrected chi connectivity index (χ1v) is 7.81. The lowest BCUT2D eigenvalue weighted by Crippen LogP contribution is -2.52. The first-order valence-electron chi connectivity index (χ1n) is 6.16. The van der Waals surface area contributed by atoms with Gasteiger partial charge in [-0.2, -0.15) is 0 Å². The lowest BCUT2D eigenvalue weighted by atomic mass is 9.83. The molecular weight excluding hydrogens is 276 g/mol. The van der Waals surface area contributed by atoms with Gasteiger partial charge in [0, 0.05) is 19.2 Å². The Morgan fingerprint density at radius 1 is 1.33 bits per heavy atom. The number of hydrogen-bond acceptors (Lipinski definition) is 4. The molecule has 1 atom stereocenters. The standard InChI is InChI=1S/C11H24N2O3S.ClH/c1-10(16-2)8-17(14,15)13-9-11(12)6-4-3-5-7-11;/h10,13H,3-9,12H2,1-2H3;1H. The average molecular weight is 301 g/mol. The van der Waals surface area contributed by atoms with Gasteiger partial charge >= 0.3 is 0 Å². The van der Waals surface area contributed by atoms with E-state index in [4.69, 9.17) is 10.5 Å². The molecular formula is C11H25ClN2O3S. The van der Waals surface area contributed by atoms with Crippen LogP contribution < -0.4 is 10.5 Å². The summed E-state index contributed by atoms with van der Waals surface area (Å²) in [5.41, 5.74) is 5.81. The fourth-order valence-corrected chi connectivity index (χ4v) is 3.50. The van der Waals surface area contributed by atoms with E-state index < -0.39 is 10.0 Å². The minimum Gasteiger partial charge on any atom is -0.381 e. The van der Waals surface area contributed by atoms with E-state index in [9.17, 15) is 8.42 Å². The van der Waals surface area contributed by atoms with Gasteiger partial charge in [0.15, 0.2) is 0 Å². The summed E-state index contributed by atoms with van der Waals surface area (Å²) in [6.45, 7) is 2.07. The van der Waals surface area contributed by atoms with E-state index in [1.807, 2.05) is 0 Å². The maximum atomic E-state index is 11.7. The van der Waals surface area contributed by atoms with Gasteiger partial charge in [0.25, 0.3) is 0 Å². The van der Waals surface area contributed by atoms with Crippen LogP contribution >= 0.6 is 12.4 Å². The SMILES string of the molecule is COC(C)CS(=O)(=O)NCC1(N)CCCCC1.Cl. The van der Waals surface area contributed by atoms with E-state index in [0.29, 0.717) is 6.54 Å². The number of ether oxygens (including phenoxy) is 1. The molecule has 7 heteroatoms. The monoisotopic (exact) mass is 300 g/mol. The van der Waals surface area contributed by atoms with E-state index in [1.54, 1.807) is 6.92 Å². The zero-order valence-electron chi connectivity index (χ0n) is 11.1. The Labute approximate surface area is 116 Å². The Morgan fingerprint density at radius 3 is 2.39 bits per heavy atom. The fourth-order valence-electron chi connectivity index (χ4n) is 2.12. The van der Waals surface area contributed by atoms with Gasteiger partial charge in [0.05, 0.1) is 11.9 Å². The van der Waals surface area contributed by atoms with Crippen molar-refractivity contribution in [3.8, 4) is 0 Å². The third kappa shape index (κ3) is 6.33. The molecule has 5 nitrogen and oxygen atoms in total. The Kier molecular flexibility index (Phi) is 7.70. The molecule has 1 rings (SSSR count). The van der Waals surface area contributed by atoms with Crippen molar-refractivity contribution in [2.75, 3.05) is 19.4 Å². The zero-order chi connectivity index (χ0) is 12.9. The predicted octanol–water partition coefficient (Wildman–Crippen LogP) is 1.02. The van der Waals surface area contributed by atoms with Crippen LogP contribution in [0.1, 0.15) is 39.0 Å². The average Bonchev–Trinajstić information content (AvgIpc) is 2.27. The third-order valence-electron chi connectivity index (χ3n) is 3.35. The van der Waals surface area contributed by atoms with Gasteiger partial charge in [-0.25, -0.2) is 13.1 Å². The Hall–Kier alpha value is 0.120. The summed E-state index contributed by atoms with van der Waals surface area (Å²) in [7, 11) is -1.78. The molecule has 0 aliphatic heterocycles. The second-order valence-electron chi connectivity index (χ2n) is 5.07. The molecule has 1 unspecified atom stereocenters. The molecule has 18 heavy (non-hydrogen) atoms. The third-order valence-corrected chi connectivity index (χ3v) is 4.84. The molecule has 0 aromatic carbocycles. The molecule has 0 saturated heterocycles. The summed E-state index contributed by atoms with van der Waals surface area (Å²) in [5.74, 6) is -0.0143. The van der Waals surface area contributed by atoms with E-state index in [1.165, 1.54) is 13.5 Å². The van der Waals surface area contributed by atoms with Crippen molar-refractivity contribution in [3.05, 3.63) is 0 Å². The van der Waals surface area contributed by atoms with Gasteiger partial charge in [0.2, 0.25) is 10.0 Å². The van der Waals surface area contributed by atoms with E-state index >= 15 is 0 Å². The molecule has 0 radical (unpaired) electrons. The minimum atomic E-state index is -3.29.